The number of hydrogen-bond acceptors (Lipinski definition) is 3. The van der Waals surface area contributed by atoms with Gasteiger partial charge >= 0.3 is 0 Å². The molecule has 1 aliphatic heterocycles. The van der Waals surface area contributed by atoms with Gasteiger partial charge in [0, 0.05) is 18.1 Å². The van der Waals surface area contributed by atoms with Crippen molar-refractivity contribution in [2.45, 2.75) is 13.0 Å². The molecule has 0 radical (unpaired) electrons. The van der Waals surface area contributed by atoms with Crippen molar-refractivity contribution in [3.05, 3.63) is 77.6 Å². The third kappa shape index (κ3) is 3.19. The molecule has 0 bridgehead atoms. The number of nitriles is 1. The van der Waals surface area contributed by atoms with E-state index in [0.29, 0.717) is 29.3 Å². The van der Waals surface area contributed by atoms with Crippen molar-refractivity contribution in [3.8, 4) is 11.9 Å². The number of allylic oxidation sites excluding steroid dienone is 2. The molecule has 1 aliphatic rings. The van der Waals surface area contributed by atoms with Crippen LogP contribution in [0.3, 0.4) is 0 Å². The topological polar surface area (TPSA) is 44.9 Å². The smallest absolute Gasteiger partial charge is 0.137 e. The second-order valence-electron chi connectivity index (χ2n) is 6.97. The largest absolute Gasteiger partial charge is 0.358 e. The van der Waals surface area contributed by atoms with Crippen LogP contribution in [-0.4, -0.2) is 40.4 Å². The first-order chi connectivity index (χ1) is 14.2. The standard InChI is InChI=1S/C23H20F2N4/c1-16-8-9-20-18(12-16)19(15-26)23(29(20)22-7-2-4-10-27-22)21-6-3-5-11-28(21)17(13-24)14-25/h2-10,12,17H,11,13-14H2,1H3. The molecule has 0 amide bonds. The van der Waals surface area contributed by atoms with E-state index in [4.69, 9.17) is 0 Å². The maximum absolute atomic E-state index is 13.6. The maximum atomic E-state index is 13.6. The Morgan fingerprint density at radius 1 is 1.21 bits per heavy atom. The van der Waals surface area contributed by atoms with E-state index in [9.17, 15) is 14.0 Å². The molecule has 0 fully saturated rings. The molecule has 0 aliphatic carbocycles. The minimum absolute atomic E-state index is 0.373. The van der Waals surface area contributed by atoms with E-state index in [0.717, 1.165) is 16.5 Å². The molecule has 0 N–H and O–H groups in total. The van der Waals surface area contributed by atoms with Crippen molar-refractivity contribution < 1.29 is 8.78 Å². The highest BCUT2D eigenvalue weighted by atomic mass is 19.1. The highest BCUT2D eigenvalue weighted by Gasteiger charge is 2.29. The van der Waals surface area contributed by atoms with Crippen LogP contribution < -0.4 is 0 Å². The fourth-order valence-electron chi connectivity index (χ4n) is 3.78. The minimum Gasteiger partial charge on any atom is -0.358 e. The number of hydrogen-bond donors (Lipinski definition) is 0. The molecular weight excluding hydrogens is 370 g/mol. The zero-order valence-electron chi connectivity index (χ0n) is 16.0. The van der Waals surface area contributed by atoms with Crippen LogP contribution >= 0.6 is 0 Å². The number of aromatic nitrogens is 2. The van der Waals surface area contributed by atoms with Crippen LogP contribution in [0.2, 0.25) is 0 Å². The normalized spacial score (nSPS) is 13.8. The van der Waals surface area contributed by atoms with Gasteiger partial charge in [0.05, 0.1) is 28.5 Å². The lowest BCUT2D eigenvalue weighted by molar-refractivity contribution is 0.212. The van der Waals surface area contributed by atoms with Gasteiger partial charge in [0.25, 0.3) is 0 Å². The maximum Gasteiger partial charge on any atom is 0.137 e. The van der Waals surface area contributed by atoms with E-state index in [-0.39, 0.29) is 0 Å². The van der Waals surface area contributed by atoms with E-state index in [1.807, 2.05) is 66.1 Å². The predicted molar refractivity (Wildman–Crippen MR) is 110 cm³/mol. The molecule has 0 spiro atoms. The molecule has 0 unspecified atom stereocenters. The van der Waals surface area contributed by atoms with Gasteiger partial charge < -0.3 is 4.90 Å². The Balaban J connectivity index is 2.07. The first-order valence-corrected chi connectivity index (χ1v) is 9.42. The monoisotopic (exact) mass is 390 g/mol. The van der Waals surface area contributed by atoms with Crippen molar-refractivity contribution in [1.82, 2.24) is 14.5 Å². The molecule has 29 heavy (non-hydrogen) atoms. The summed E-state index contributed by atoms with van der Waals surface area (Å²) in [5.74, 6) is 0.644. The van der Waals surface area contributed by atoms with Crippen LogP contribution in [0.15, 0.2) is 60.8 Å². The van der Waals surface area contributed by atoms with Crippen LogP contribution in [0, 0.1) is 18.3 Å². The number of halogens is 2. The molecule has 0 atom stereocenters. The third-order valence-electron chi connectivity index (χ3n) is 5.15. The Morgan fingerprint density at radius 3 is 2.72 bits per heavy atom. The lowest BCUT2D eigenvalue weighted by Gasteiger charge is -2.33. The summed E-state index contributed by atoms with van der Waals surface area (Å²) in [5.41, 5.74) is 3.54. The average Bonchev–Trinajstić information content (AvgIpc) is 3.08. The molecule has 146 valence electrons. The molecular formula is C23H20F2N4. The van der Waals surface area contributed by atoms with Crippen molar-refractivity contribution in [2.75, 3.05) is 19.9 Å². The number of nitrogens with zero attached hydrogens (tertiary/aromatic N) is 4. The summed E-state index contributed by atoms with van der Waals surface area (Å²) in [4.78, 5) is 6.16. The quantitative estimate of drug-likeness (QED) is 0.633. The number of aryl methyl sites for hydroxylation is 1. The van der Waals surface area contributed by atoms with Gasteiger partial charge in [-0.2, -0.15) is 5.26 Å². The van der Waals surface area contributed by atoms with E-state index < -0.39 is 19.4 Å². The fraction of sp³-hybridized carbons (Fsp3) is 0.217. The number of rotatable bonds is 5. The highest BCUT2D eigenvalue weighted by molar-refractivity contribution is 5.94. The van der Waals surface area contributed by atoms with Crippen molar-refractivity contribution >= 4 is 16.6 Å². The first kappa shape index (κ1) is 18.9. The van der Waals surface area contributed by atoms with E-state index in [2.05, 4.69) is 11.1 Å². The van der Waals surface area contributed by atoms with Gasteiger partial charge in [-0.25, -0.2) is 13.8 Å². The second kappa shape index (κ2) is 7.88. The lowest BCUT2D eigenvalue weighted by atomic mass is 10.1. The first-order valence-electron chi connectivity index (χ1n) is 9.42. The van der Waals surface area contributed by atoms with Crippen LogP contribution in [-0.2, 0) is 0 Å². The van der Waals surface area contributed by atoms with E-state index >= 15 is 0 Å². The Hall–Kier alpha value is -3.46. The van der Waals surface area contributed by atoms with Crippen LogP contribution in [0.25, 0.3) is 22.4 Å². The van der Waals surface area contributed by atoms with Gasteiger partial charge in [-0.3, -0.25) is 4.57 Å². The summed E-state index contributed by atoms with van der Waals surface area (Å²) in [6.45, 7) is 0.715. The molecule has 3 aromatic rings. The molecule has 4 nitrogen and oxygen atoms in total. The summed E-state index contributed by atoms with van der Waals surface area (Å²) < 4.78 is 29.1. The second-order valence-corrected chi connectivity index (χ2v) is 6.97. The summed E-state index contributed by atoms with van der Waals surface area (Å²) in [6, 6.07) is 12.9. The molecule has 0 saturated carbocycles. The molecule has 0 saturated heterocycles. The number of benzene rings is 1. The van der Waals surface area contributed by atoms with Crippen LogP contribution in [0.1, 0.15) is 16.8 Å². The van der Waals surface area contributed by atoms with Gasteiger partial charge in [0.2, 0.25) is 0 Å². The predicted octanol–water partition coefficient (Wildman–Crippen LogP) is 4.73. The average molecular weight is 390 g/mol. The van der Waals surface area contributed by atoms with Crippen molar-refractivity contribution in [3.63, 3.8) is 0 Å². The molecule has 6 heteroatoms. The van der Waals surface area contributed by atoms with Gasteiger partial charge in [-0.1, -0.05) is 29.8 Å². The Bertz CT molecular complexity index is 1140. The van der Waals surface area contributed by atoms with Gasteiger partial charge in [0.15, 0.2) is 0 Å². The summed E-state index contributed by atoms with van der Waals surface area (Å²) in [7, 11) is 0. The lowest BCUT2D eigenvalue weighted by Crippen LogP contribution is -2.39. The molecule has 4 rings (SSSR count). The summed E-state index contributed by atoms with van der Waals surface area (Å²) in [6.07, 6.45) is 7.20. The zero-order valence-corrected chi connectivity index (χ0v) is 16.0. The Kier molecular flexibility index (Phi) is 5.13. The van der Waals surface area contributed by atoms with Crippen LogP contribution in [0.5, 0.6) is 0 Å². The third-order valence-corrected chi connectivity index (χ3v) is 5.15. The summed E-state index contributed by atoms with van der Waals surface area (Å²) in [5, 5.41) is 10.8. The molecule has 2 aromatic heterocycles. The molecule has 1 aromatic carbocycles. The number of pyridine rings is 1. The van der Waals surface area contributed by atoms with E-state index in [1.54, 1.807) is 11.1 Å². The zero-order chi connectivity index (χ0) is 20.4. The van der Waals surface area contributed by atoms with Gasteiger partial charge in [-0.05, 0) is 37.3 Å². The summed E-state index contributed by atoms with van der Waals surface area (Å²) >= 11 is 0. The van der Waals surface area contributed by atoms with E-state index in [1.165, 1.54) is 0 Å². The number of alkyl halides is 2. The Labute approximate surface area is 168 Å². The van der Waals surface area contributed by atoms with Crippen LogP contribution in [0.4, 0.5) is 8.78 Å². The van der Waals surface area contributed by atoms with Gasteiger partial charge in [0.1, 0.15) is 25.2 Å². The Morgan fingerprint density at radius 2 is 2.03 bits per heavy atom. The van der Waals surface area contributed by atoms with Gasteiger partial charge in [-0.15, -0.1) is 0 Å². The SMILES string of the molecule is Cc1ccc2c(c1)c(C#N)c(C1=CC=CCN1C(CF)CF)n2-c1ccccn1. The van der Waals surface area contributed by atoms with Crippen molar-refractivity contribution in [1.29, 1.82) is 5.26 Å². The fourth-order valence-corrected chi connectivity index (χ4v) is 3.78. The minimum atomic E-state index is -0.908. The van der Waals surface area contributed by atoms with Crippen molar-refractivity contribution in [2.24, 2.45) is 0 Å². The molecule has 3 heterocycles. The number of fused-ring (bicyclic) bond motifs is 1. The highest BCUT2D eigenvalue weighted by Crippen LogP contribution is 2.36.